The van der Waals surface area contributed by atoms with Crippen LogP contribution in [0.2, 0.25) is 0 Å². The maximum atomic E-state index is 10.6. The number of aromatic nitrogens is 4. The van der Waals surface area contributed by atoms with Crippen molar-refractivity contribution in [2.75, 3.05) is 0 Å². The van der Waals surface area contributed by atoms with Gasteiger partial charge in [-0.05, 0) is 46.2 Å². The molecule has 0 saturated heterocycles. The van der Waals surface area contributed by atoms with E-state index >= 15 is 0 Å². The molecule has 0 fully saturated rings. The predicted molar refractivity (Wildman–Crippen MR) is 144 cm³/mol. The minimum atomic E-state index is -0.180. The molecule has 0 bridgehead atoms. The van der Waals surface area contributed by atoms with Crippen molar-refractivity contribution in [2.45, 2.75) is 52.4 Å². The Morgan fingerprint density at radius 1 is 0.595 bits per heavy atom. The standard InChI is InChI=1S/C30H30N4O2.Pt/c1-29(2,3)21-13-23(19-9-11-31-15-25(19)35)33-27-17(21)7-8-18-22(30(4,5)6)14-24(34-28(18)27)20-10-12-32-16-26(20)36;/h7-16,35-36H,1-6H3;. The van der Waals surface area contributed by atoms with Gasteiger partial charge in [0.05, 0.1) is 34.8 Å². The Morgan fingerprint density at radius 2 is 0.973 bits per heavy atom. The number of aromatic hydroxyl groups is 2. The van der Waals surface area contributed by atoms with Gasteiger partial charge in [0.25, 0.3) is 0 Å². The number of rotatable bonds is 2. The van der Waals surface area contributed by atoms with Crippen molar-refractivity contribution in [3.05, 3.63) is 72.3 Å². The second-order valence-corrected chi connectivity index (χ2v) is 11.3. The third kappa shape index (κ3) is 4.83. The van der Waals surface area contributed by atoms with E-state index in [2.05, 4.69) is 63.6 Å². The molecule has 0 aliphatic rings. The van der Waals surface area contributed by atoms with Crippen LogP contribution in [-0.2, 0) is 31.9 Å². The van der Waals surface area contributed by atoms with E-state index in [-0.39, 0.29) is 43.4 Å². The van der Waals surface area contributed by atoms with Crippen LogP contribution in [0.5, 0.6) is 11.5 Å². The van der Waals surface area contributed by atoms with Crippen LogP contribution in [-0.4, -0.2) is 30.1 Å². The van der Waals surface area contributed by atoms with Crippen LogP contribution in [0.3, 0.4) is 0 Å². The fourth-order valence-corrected chi connectivity index (χ4v) is 4.70. The summed E-state index contributed by atoms with van der Waals surface area (Å²) in [4.78, 5) is 18.2. The molecule has 0 radical (unpaired) electrons. The molecule has 5 aromatic rings. The first kappa shape index (κ1) is 26.7. The number of benzene rings is 1. The van der Waals surface area contributed by atoms with Crippen LogP contribution in [0.4, 0.5) is 0 Å². The number of nitrogens with zero attached hydrogens (tertiary/aromatic N) is 4. The Hall–Kier alpha value is -3.37. The van der Waals surface area contributed by atoms with Gasteiger partial charge in [0.1, 0.15) is 11.5 Å². The minimum absolute atomic E-state index is 0. The summed E-state index contributed by atoms with van der Waals surface area (Å²) in [5.41, 5.74) is 5.93. The van der Waals surface area contributed by atoms with Gasteiger partial charge in [-0.3, -0.25) is 9.97 Å². The zero-order valence-corrected chi connectivity index (χ0v) is 24.0. The Bertz CT molecular complexity index is 1510. The zero-order valence-electron chi connectivity index (χ0n) is 21.8. The Balaban J connectivity index is 0.00000320. The summed E-state index contributed by atoms with van der Waals surface area (Å²) < 4.78 is 0. The second-order valence-electron chi connectivity index (χ2n) is 11.3. The van der Waals surface area contributed by atoms with E-state index in [9.17, 15) is 10.2 Å². The molecular weight excluding hydrogens is 643 g/mol. The molecule has 0 atom stereocenters. The van der Waals surface area contributed by atoms with Gasteiger partial charge in [0.2, 0.25) is 0 Å². The maximum absolute atomic E-state index is 10.6. The summed E-state index contributed by atoms with van der Waals surface area (Å²) in [5.74, 6) is 0.158. The summed E-state index contributed by atoms with van der Waals surface area (Å²) in [6.45, 7) is 13.0. The summed E-state index contributed by atoms with van der Waals surface area (Å²) in [7, 11) is 0. The third-order valence-electron chi connectivity index (χ3n) is 6.53. The topological polar surface area (TPSA) is 92.0 Å². The summed E-state index contributed by atoms with van der Waals surface area (Å²) in [5, 5.41) is 23.2. The molecule has 1 aromatic carbocycles. The van der Waals surface area contributed by atoms with Crippen molar-refractivity contribution in [2.24, 2.45) is 0 Å². The van der Waals surface area contributed by atoms with Crippen molar-refractivity contribution >= 4 is 21.8 Å². The Kier molecular flexibility index (Phi) is 6.85. The molecule has 0 aliphatic carbocycles. The molecule has 192 valence electrons. The SMILES string of the molecule is CC(C)(C)c1cc(-c2ccncc2O)nc2c1ccc1c(C(C)(C)C)cc(-c3ccncc3O)nc12.[Pt]. The van der Waals surface area contributed by atoms with Gasteiger partial charge in [-0.25, -0.2) is 9.97 Å². The smallest absolute Gasteiger partial charge is 0.143 e. The van der Waals surface area contributed by atoms with Crippen LogP contribution in [0.15, 0.2) is 61.2 Å². The van der Waals surface area contributed by atoms with E-state index < -0.39 is 0 Å². The van der Waals surface area contributed by atoms with Crippen molar-refractivity contribution < 1.29 is 31.3 Å². The van der Waals surface area contributed by atoms with E-state index in [1.165, 1.54) is 12.4 Å². The van der Waals surface area contributed by atoms with Crippen molar-refractivity contribution in [3.8, 4) is 34.0 Å². The summed E-state index contributed by atoms with van der Waals surface area (Å²) >= 11 is 0. The average molecular weight is 674 g/mol. The van der Waals surface area contributed by atoms with Crippen LogP contribution < -0.4 is 0 Å². The molecule has 37 heavy (non-hydrogen) atoms. The molecule has 2 N–H and O–H groups in total. The minimum Gasteiger partial charge on any atom is -0.506 e. The van der Waals surface area contributed by atoms with Crippen LogP contribution >= 0.6 is 0 Å². The van der Waals surface area contributed by atoms with Gasteiger partial charge < -0.3 is 10.2 Å². The van der Waals surface area contributed by atoms with Gasteiger partial charge in [-0.1, -0.05) is 53.7 Å². The Labute approximate surface area is 231 Å². The van der Waals surface area contributed by atoms with E-state index in [4.69, 9.17) is 9.97 Å². The first-order valence-corrected chi connectivity index (χ1v) is 12.0. The average Bonchev–Trinajstić information content (AvgIpc) is 2.82. The quantitative estimate of drug-likeness (QED) is 0.198. The van der Waals surface area contributed by atoms with E-state index in [0.29, 0.717) is 22.5 Å². The van der Waals surface area contributed by atoms with Crippen molar-refractivity contribution in [1.29, 1.82) is 0 Å². The summed E-state index contributed by atoms with van der Waals surface area (Å²) in [6.07, 6.45) is 6.17. The van der Waals surface area contributed by atoms with Gasteiger partial charge in [0.15, 0.2) is 0 Å². The molecule has 6 nitrogen and oxygen atoms in total. The van der Waals surface area contributed by atoms with Gasteiger partial charge >= 0.3 is 0 Å². The molecule has 5 rings (SSSR count). The second kappa shape index (κ2) is 9.50. The molecule has 0 amide bonds. The number of hydrogen-bond donors (Lipinski definition) is 2. The number of hydrogen-bond acceptors (Lipinski definition) is 6. The monoisotopic (exact) mass is 673 g/mol. The Morgan fingerprint density at radius 3 is 1.30 bits per heavy atom. The molecule has 0 saturated carbocycles. The molecule has 7 heteroatoms. The van der Waals surface area contributed by atoms with E-state index in [0.717, 1.165) is 32.9 Å². The van der Waals surface area contributed by atoms with Gasteiger partial charge in [-0.2, -0.15) is 0 Å². The fraction of sp³-hybridized carbons (Fsp3) is 0.267. The zero-order chi connectivity index (χ0) is 25.8. The molecule has 0 spiro atoms. The van der Waals surface area contributed by atoms with Crippen LogP contribution in [0.25, 0.3) is 44.3 Å². The maximum Gasteiger partial charge on any atom is 0.143 e. The first-order valence-electron chi connectivity index (χ1n) is 12.0. The first-order chi connectivity index (χ1) is 16.9. The van der Waals surface area contributed by atoms with Crippen LogP contribution in [0.1, 0.15) is 52.7 Å². The molecule has 4 heterocycles. The molecular formula is C30H30N4O2Pt. The van der Waals surface area contributed by atoms with Gasteiger partial charge in [0, 0.05) is 55.4 Å². The molecule has 0 aliphatic heterocycles. The normalized spacial score (nSPS) is 12.1. The predicted octanol–water partition coefficient (Wildman–Crippen LogP) is 6.91. The summed E-state index contributed by atoms with van der Waals surface area (Å²) in [6, 6.07) is 11.9. The number of fused-ring (bicyclic) bond motifs is 3. The van der Waals surface area contributed by atoms with Crippen molar-refractivity contribution in [3.63, 3.8) is 0 Å². The molecule has 0 unspecified atom stereocenters. The molecule has 4 aromatic heterocycles. The van der Waals surface area contributed by atoms with E-state index in [1.54, 1.807) is 24.5 Å². The van der Waals surface area contributed by atoms with Crippen LogP contribution in [0, 0.1) is 0 Å². The fourth-order valence-electron chi connectivity index (χ4n) is 4.70. The number of pyridine rings is 4. The largest absolute Gasteiger partial charge is 0.506 e. The van der Waals surface area contributed by atoms with E-state index in [1.807, 2.05) is 12.1 Å². The van der Waals surface area contributed by atoms with Gasteiger partial charge in [-0.15, -0.1) is 0 Å². The third-order valence-corrected chi connectivity index (χ3v) is 6.53. The van der Waals surface area contributed by atoms with Crippen molar-refractivity contribution in [1.82, 2.24) is 19.9 Å².